The Bertz CT molecular complexity index is 1200. The third kappa shape index (κ3) is 4.40. The molecule has 194 valence electrons. The van der Waals surface area contributed by atoms with E-state index in [4.69, 9.17) is 9.47 Å². The van der Waals surface area contributed by atoms with Crippen molar-refractivity contribution in [3.05, 3.63) is 96.1 Å². The molecular formula is C31H36N2O4. The van der Waals surface area contributed by atoms with Crippen LogP contribution in [0.4, 0.5) is 5.69 Å². The van der Waals surface area contributed by atoms with Crippen LogP contribution in [0.3, 0.4) is 0 Å². The summed E-state index contributed by atoms with van der Waals surface area (Å²) in [7, 11) is 3.01. The first-order valence-electron chi connectivity index (χ1n) is 12.7. The lowest BCUT2D eigenvalue weighted by Gasteiger charge is -2.64. The van der Waals surface area contributed by atoms with Crippen LogP contribution in [0.25, 0.3) is 0 Å². The van der Waals surface area contributed by atoms with Crippen molar-refractivity contribution in [3.8, 4) is 5.75 Å². The molecule has 4 rings (SSSR count). The number of benzene rings is 3. The van der Waals surface area contributed by atoms with Gasteiger partial charge in [-0.25, -0.2) is 0 Å². The Labute approximate surface area is 219 Å². The predicted octanol–water partition coefficient (Wildman–Crippen LogP) is 5.60. The number of carbonyl (C=O) groups excluding carboxylic acids is 2. The summed E-state index contributed by atoms with van der Waals surface area (Å²) < 4.78 is 10.8. The molecule has 1 amide bonds. The van der Waals surface area contributed by atoms with Gasteiger partial charge in [0.25, 0.3) is 5.91 Å². The van der Waals surface area contributed by atoms with Gasteiger partial charge in [-0.15, -0.1) is 0 Å². The van der Waals surface area contributed by atoms with E-state index in [0.717, 1.165) is 16.8 Å². The maximum absolute atomic E-state index is 14.8. The van der Waals surface area contributed by atoms with E-state index in [9.17, 15) is 9.59 Å². The van der Waals surface area contributed by atoms with Gasteiger partial charge >= 0.3 is 5.97 Å². The highest BCUT2D eigenvalue weighted by atomic mass is 16.5. The van der Waals surface area contributed by atoms with Crippen LogP contribution in [0.5, 0.6) is 5.75 Å². The Morgan fingerprint density at radius 1 is 0.838 bits per heavy atom. The highest BCUT2D eigenvalue weighted by Crippen LogP contribution is 2.57. The largest absolute Gasteiger partial charge is 0.497 e. The average Bonchev–Trinajstić information content (AvgIpc) is 2.91. The molecule has 0 spiro atoms. The Hall–Kier alpha value is -3.64. The molecule has 0 bridgehead atoms. The molecule has 6 heteroatoms. The van der Waals surface area contributed by atoms with Gasteiger partial charge in [0.15, 0.2) is 0 Å². The Morgan fingerprint density at radius 3 is 1.86 bits per heavy atom. The van der Waals surface area contributed by atoms with Crippen molar-refractivity contribution in [3.63, 3.8) is 0 Å². The summed E-state index contributed by atoms with van der Waals surface area (Å²) in [6, 6.07) is 26.5. The van der Waals surface area contributed by atoms with E-state index in [1.54, 1.807) is 7.11 Å². The fraction of sp³-hybridized carbons (Fsp3) is 0.355. The first-order chi connectivity index (χ1) is 17.8. The van der Waals surface area contributed by atoms with Crippen LogP contribution in [0, 0.1) is 0 Å². The molecule has 1 heterocycles. The molecular weight excluding hydrogens is 464 g/mol. The topological polar surface area (TPSA) is 59.1 Å². The summed E-state index contributed by atoms with van der Waals surface area (Å²) in [5.74, 6) is -0.688. The highest BCUT2D eigenvalue weighted by molar-refractivity contribution is 6.13. The van der Waals surface area contributed by atoms with Crippen LogP contribution < -0.4 is 9.64 Å². The van der Waals surface area contributed by atoms with Crippen LogP contribution in [0.2, 0.25) is 0 Å². The summed E-state index contributed by atoms with van der Waals surface area (Å²) in [5, 5.41) is 0. The maximum atomic E-state index is 14.8. The number of methoxy groups -OCH3 is 2. The number of hydrogen-bond donors (Lipinski definition) is 0. The molecule has 0 aromatic heterocycles. The molecule has 1 aliphatic rings. The normalized spacial score (nSPS) is 20.2. The minimum Gasteiger partial charge on any atom is -0.497 e. The molecule has 37 heavy (non-hydrogen) atoms. The molecule has 6 nitrogen and oxygen atoms in total. The van der Waals surface area contributed by atoms with Gasteiger partial charge < -0.3 is 14.4 Å². The van der Waals surface area contributed by atoms with E-state index in [0.29, 0.717) is 5.75 Å². The molecule has 3 unspecified atom stereocenters. The van der Waals surface area contributed by atoms with E-state index in [2.05, 4.69) is 32.6 Å². The number of ether oxygens (including phenoxy) is 2. The number of rotatable bonds is 9. The summed E-state index contributed by atoms with van der Waals surface area (Å²) in [5.41, 5.74) is 1.25. The molecule has 0 N–H and O–H groups in total. The maximum Gasteiger partial charge on any atom is 0.315 e. The molecule has 0 aliphatic carbocycles. The van der Waals surface area contributed by atoms with E-state index < -0.39 is 23.5 Å². The van der Waals surface area contributed by atoms with Gasteiger partial charge in [0.05, 0.1) is 20.3 Å². The number of esters is 1. The van der Waals surface area contributed by atoms with Crippen LogP contribution in [0.1, 0.15) is 50.8 Å². The molecule has 3 aromatic carbocycles. The summed E-state index contributed by atoms with van der Waals surface area (Å²) >= 11 is 0. The Kier molecular flexibility index (Phi) is 7.69. The van der Waals surface area contributed by atoms with Gasteiger partial charge in [0.2, 0.25) is 0 Å². The van der Waals surface area contributed by atoms with Gasteiger partial charge in [0.1, 0.15) is 17.2 Å². The van der Waals surface area contributed by atoms with Gasteiger partial charge in [-0.2, -0.15) is 0 Å². The predicted molar refractivity (Wildman–Crippen MR) is 146 cm³/mol. The molecule has 1 aliphatic heterocycles. The monoisotopic (exact) mass is 500 g/mol. The van der Waals surface area contributed by atoms with Crippen molar-refractivity contribution in [2.75, 3.05) is 19.1 Å². The Morgan fingerprint density at radius 2 is 1.38 bits per heavy atom. The van der Waals surface area contributed by atoms with Crippen molar-refractivity contribution < 1.29 is 19.1 Å². The molecule has 3 atom stereocenters. The lowest BCUT2D eigenvalue weighted by atomic mass is 9.62. The fourth-order valence-corrected chi connectivity index (χ4v) is 6.07. The molecule has 0 saturated carbocycles. The fourth-order valence-electron chi connectivity index (χ4n) is 6.07. The molecule has 3 aromatic rings. The number of amides is 1. The quantitative estimate of drug-likeness (QED) is 0.283. The number of hydrogen-bond acceptors (Lipinski definition) is 5. The van der Waals surface area contributed by atoms with E-state index in [-0.39, 0.29) is 18.0 Å². The number of nitrogens with zero attached hydrogens (tertiary/aromatic N) is 2. The van der Waals surface area contributed by atoms with E-state index in [1.807, 2.05) is 89.8 Å². The second kappa shape index (κ2) is 10.8. The molecule has 0 radical (unpaired) electrons. The number of β-lactam (4-membered cyclic amide) rings is 1. The summed E-state index contributed by atoms with van der Waals surface area (Å²) in [4.78, 5) is 32.5. The van der Waals surface area contributed by atoms with Crippen molar-refractivity contribution in [1.29, 1.82) is 0 Å². The lowest BCUT2D eigenvalue weighted by molar-refractivity contribution is -0.165. The van der Waals surface area contributed by atoms with Crippen molar-refractivity contribution >= 4 is 17.6 Å². The number of carbonyl (C=O) groups is 2. The van der Waals surface area contributed by atoms with Crippen LogP contribution >= 0.6 is 0 Å². The second-order valence-corrected chi connectivity index (χ2v) is 9.97. The summed E-state index contributed by atoms with van der Waals surface area (Å²) in [6.45, 7) is 8.30. The van der Waals surface area contributed by atoms with Crippen molar-refractivity contribution in [1.82, 2.24) is 4.90 Å². The van der Waals surface area contributed by atoms with Gasteiger partial charge in [-0.3, -0.25) is 14.5 Å². The number of anilines is 1. The smallest absolute Gasteiger partial charge is 0.315 e. The third-order valence-electron chi connectivity index (χ3n) is 7.25. The van der Waals surface area contributed by atoms with Crippen LogP contribution in [-0.2, 0) is 14.3 Å². The third-order valence-corrected chi connectivity index (χ3v) is 7.25. The zero-order chi connectivity index (χ0) is 26.7. The first kappa shape index (κ1) is 26.4. The van der Waals surface area contributed by atoms with Crippen molar-refractivity contribution in [2.24, 2.45) is 0 Å². The molecule has 1 saturated heterocycles. The standard InChI is InChI=1S/C31H36N2O4/c1-21(2)33(22(3)4)31(27(29(34)37-6)23-13-9-7-10-14-23)28(24-15-11-8-12-16-24)32(30(31)35)25-17-19-26(36-5)20-18-25/h7-22,27-28H,1-6H3. The Balaban J connectivity index is 2.04. The summed E-state index contributed by atoms with van der Waals surface area (Å²) in [6.07, 6.45) is 0. The zero-order valence-corrected chi connectivity index (χ0v) is 22.4. The van der Waals surface area contributed by atoms with Gasteiger partial charge in [-0.1, -0.05) is 60.7 Å². The highest BCUT2D eigenvalue weighted by Gasteiger charge is 2.71. The zero-order valence-electron chi connectivity index (χ0n) is 22.4. The molecule has 1 fully saturated rings. The van der Waals surface area contributed by atoms with Gasteiger partial charge in [0, 0.05) is 17.8 Å². The van der Waals surface area contributed by atoms with Gasteiger partial charge in [-0.05, 0) is 63.1 Å². The van der Waals surface area contributed by atoms with E-state index >= 15 is 0 Å². The first-order valence-corrected chi connectivity index (χ1v) is 12.7. The van der Waals surface area contributed by atoms with Crippen molar-refractivity contribution in [2.45, 2.75) is 57.3 Å². The minimum atomic E-state index is -1.21. The van der Waals surface area contributed by atoms with E-state index in [1.165, 1.54) is 7.11 Å². The second-order valence-electron chi connectivity index (χ2n) is 9.97. The SMILES string of the molecule is COC(=O)C(c1ccccc1)C1(N(C(C)C)C(C)C)C(=O)N(c2ccc(OC)cc2)C1c1ccccc1. The van der Waals surface area contributed by atoms with Crippen LogP contribution in [0.15, 0.2) is 84.9 Å². The lowest BCUT2D eigenvalue weighted by Crippen LogP contribution is -2.80. The average molecular weight is 501 g/mol. The minimum absolute atomic E-state index is 0.0240. The van der Waals surface area contributed by atoms with Crippen LogP contribution in [-0.4, -0.2) is 48.6 Å².